The molecule has 8 nitrogen and oxygen atoms in total. The summed E-state index contributed by atoms with van der Waals surface area (Å²) in [5.41, 5.74) is 1.10. The monoisotopic (exact) mass is 327 g/mol. The first-order valence-electron chi connectivity index (χ1n) is 7.49. The van der Waals surface area contributed by atoms with E-state index in [1.165, 1.54) is 21.6 Å². The normalized spacial score (nSPS) is 11.6. The van der Waals surface area contributed by atoms with Crippen LogP contribution < -0.4 is 5.56 Å². The summed E-state index contributed by atoms with van der Waals surface area (Å²) in [7, 11) is 1.69. The third-order valence-corrected chi connectivity index (χ3v) is 4.04. The van der Waals surface area contributed by atoms with E-state index in [0.29, 0.717) is 28.9 Å². The Hall–Kier alpha value is -3.10. The van der Waals surface area contributed by atoms with E-state index in [0.717, 1.165) is 0 Å². The second-order valence-corrected chi connectivity index (χ2v) is 5.44. The summed E-state index contributed by atoms with van der Waals surface area (Å²) in [6.45, 7) is 2.65. The van der Waals surface area contributed by atoms with Gasteiger partial charge in [0.1, 0.15) is 23.3 Å². The lowest BCUT2D eigenvalue weighted by Gasteiger charge is -2.06. The van der Waals surface area contributed by atoms with Crippen LogP contribution in [-0.2, 0) is 20.1 Å². The number of imidazole rings is 1. The zero-order chi connectivity index (χ0) is 16.8. The van der Waals surface area contributed by atoms with E-state index >= 15 is 0 Å². The number of halogens is 1. The predicted molar refractivity (Wildman–Crippen MR) is 85.0 cm³/mol. The van der Waals surface area contributed by atoms with Gasteiger partial charge in [0.15, 0.2) is 11.5 Å². The van der Waals surface area contributed by atoms with Crippen LogP contribution in [0.1, 0.15) is 12.7 Å². The first-order chi connectivity index (χ1) is 11.6. The van der Waals surface area contributed by atoms with Crippen LogP contribution >= 0.6 is 0 Å². The Labute approximate surface area is 135 Å². The van der Waals surface area contributed by atoms with Gasteiger partial charge in [0.25, 0.3) is 5.56 Å². The van der Waals surface area contributed by atoms with E-state index in [1.807, 2.05) is 11.5 Å². The van der Waals surface area contributed by atoms with Crippen molar-refractivity contribution in [3.8, 4) is 0 Å². The Morgan fingerprint density at radius 2 is 2.12 bits per heavy atom. The van der Waals surface area contributed by atoms with Crippen LogP contribution in [0, 0.1) is 5.82 Å². The Morgan fingerprint density at radius 3 is 2.92 bits per heavy atom. The Bertz CT molecular complexity index is 1120. The molecule has 0 amide bonds. The lowest BCUT2D eigenvalue weighted by molar-refractivity contribution is 0.557. The molecule has 0 aliphatic heterocycles. The van der Waals surface area contributed by atoms with Crippen LogP contribution in [0.3, 0.4) is 0 Å². The summed E-state index contributed by atoms with van der Waals surface area (Å²) in [5.74, 6) is 0.166. The quantitative estimate of drug-likeness (QED) is 0.562. The molecule has 4 rings (SSSR count). The number of fused-ring (bicyclic) bond motifs is 2. The molecular formula is C15H14FN7O. The number of rotatable bonds is 3. The van der Waals surface area contributed by atoms with Crippen molar-refractivity contribution < 1.29 is 4.39 Å². The van der Waals surface area contributed by atoms with Crippen molar-refractivity contribution in [2.75, 3.05) is 0 Å². The van der Waals surface area contributed by atoms with Crippen molar-refractivity contribution in [2.24, 2.45) is 7.05 Å². The molecule has 0 bridgehead atoms. The Kier molecular flexibility index (Phi) is 3.15. The fraction of sp³-hybridized carbons (Fsp3) is 0.267. The Balaban J connectivity index is 1.86. The molecule has 122 valence electrons. The average molecular weight is 327 g/mol. The highest BCUT2D eigenvalue weighted by atomic mass is 19.1. The van der Waals surface area contributed by atoms with Crippen molar-refractivity contribution in [3.05, 3.63) is 46.4 Å². The molecule has 24 heavy (non-hydrogen) atoms. The second-order valence-electron chi connectivity index (χ2n) is 5.44. The molecule has 0 fully saturated rings. The van der Waals surface area contributed by atoms with E-state index in [-0.39, 0.29) is 23.4 Å². The molecule has 0 aliphatic rings. The van der Waals surface area contributed by atoms with Crippen LogP contribution in [-0.4, -0.2) is 34.3 Å². The van der Waals surface area contributed by atoms with Crippen molar-refractivity contribution >= 4 is 22.1 Å². The predicted octanol–water partition coefficient (Wildman–Crippen LogP) is 1.08. The van der Waals surface area contributed by atoms with Crippen LogP contribution in [0.4, 0.5) is 4.39 Å². The molecule has 0 radical (unpaired) electrons. The largest absolute Gasteiger partial charge is 0.327 e. The first kappa shape index (κ1) is 14.5. The Morgan fingerprint density at radius 1 is 1.29 bits per heavy atom. The molecule has 0 aliphatic carbocycles. The minimum Gasteiger partial charge on any atom is -0.327 e. The highest BCUT2D eigenvalue weighted by molar-refractivity contribution is 5.76. The van der Waals surface area contributed by atoms with Gasteiger partial charge in [-0.2, -0.15) is 5.10 Å². The van der Waals surface area contributed by atoms with Crippen LogP contribution in [0.25, 0.3) is 22.1 Å². The zero-order valence-electron chi connectivity index (χ0n) is 13.1. The summed E-state index contributed by atoms with van der Waals surface area (Å²) in [5, 5.41) is 12.4. The molecule has 0 N–H and O–H groups in total. The van der Waals surface area contributed by atoms with Gasteiger partial charge in [0.2, 0.25) is 0 Å². The van der Waals surface area contributed by atoms with E-state index in [2.05, 4.69) is 20.4 Å². The van der Waals surface area contributed by atoms with Gasteiger partial charge in [0.05, 0.1) is 11.7 Å². The highest BCUT2D eigenvalue weighted by Gasteiger charge is 2.16. The number of aromatic nitrogens is 7. The van der Waals surface area contributed by atoms with Crippen LogP contribution in [0.2, 0.25) is 0 Å². The lowest BCUT2D eigenvalue weighted by Crippen LogP contribution is -2.26. The third kappa shape index (κ3) is 2.01. The molecule has 0 saturated heterocycles. The van der Waals surface area contributed by atoms with E-state index in [4.69, 9.17) is 0 Å². The van der Waals surface area contributed by atoms with Crippen molar-refractivity contribution in [2.45, 2.75) is 20.0 Å². The molecule has 4 aromatic rings. The zero-order valence-corrected chi connectivity index (χ0v) is 13.1. The van der Waals surface area contributed by atoms with Crippen LogP contribution in [0.5, 0.6) is 0 Å². The summed E-state index contributed by atoms with van der Waals surface area (Å²) in [4.78, 5) is 16.9. The maximum atomic E-state index is 14.0. The van der Waals surface area contributed by atoms with Gasteiger partial charge in [-0.1, -0.05) is 11.3 Å². The van der Waals surface area contributed by atoms with Gasteiger partial charge in [-0.3, -0.25) is 4.79 Å². The molecule has 9 heteroatoms. The highest BCUT2D eigenvalue weighted by Crippen LogP contribution is 2.19. The van der Waals surface area contributed by atoms with Crippen molar-refractivity contribution in [3.63, 3.8) is 0 Å². The number of para-hydroxylation sites is 1. The maximum Gasteiger partial charge on any atom is 0.281 e. The number of benzene rings is 1. The lowest BCUT2D eigenvalue weighted by atomic mass is 10.3. The van der Waals surface area contributed by atoms with Gasteiger partial charge in [0, 0.05) is 13.6 Å². The van der Waals surface area contributed by atoms with Gasteiger partial charge in [-0.15, -0.1) is 5.10 Å². The van der Waals surface area contributed by atoms with Gasteiger partial charge >= 0.3 is 0 Å². The van der Waals surface area contributed by atoms with Crippen molar-refractivity contribution in [1.29, 1.82) is 0 Å². The molecule has 3 aromatic heterocycles. The van der Waals surface area contributed by atoms with Gasteiger partial charge in [-0.05, 0) is 19.1 Å². The summed E-state index contributed by atoms with van der Waals surface area (Å²) >= 11 is 0. The third-order valence-electron chi connectivity index (χ3n) is 4.04. The summed E-state index contributed by atoms with van der Waals surface area (Å²) in [6.07, 6.45) is 1.46. The number of nitrogens with zero attached hydrogens (tertiary/aromatic N) is 7. The summed E-state index contributed by atoms with van der Waals surface area (Å²) in [6, 6.07) is 4.81. The average Bonchev–Trinajstić information content (AvgIpc) is 3.12. The molecule has 0 unspecified atom stereocenters. The molecule has 0 atom stereocenters. The number of hydrogen-bond donors (Lipinski definition) is 0. The first-order valence-corrected chi connectivity index (χ1v) is 7.49. The molecule has 0 spiro atoms. The summed E-state index contributed by atoms with van der Waals surface area (Å²) < 4.78 is 18.5. The topological polar surface area (TPSA) is 83.4 Å². The van der Waals surface area contributed by atoms with E-state index in [1.54, 1.807) is 19.2 Å². The fourth-order valence-electron chi connectivity index (χ4n) is 2.85. The maximum absolute atomic E-state index is 14.0. The van der Waals surface area contributed by atoms with E-state index < -0.39 is 0 Å². The minimum absolute atomic E-state index is 0.110. The van der Waals surface area contributed by atoms with Crippen molar-refractivity contribution in [1.82, 2.24) is 34.3 Å². The second kappa shape index (κ2) is 5.22. The van der Waals surface area contributed by atoms with Gasteiger partial charge < -0.3 is 4.57 Å². The van der Waals surface area contributed by atoms with E-state index in [9.17, 15) is 9.18 Å². The number of hydrogen-bond acceptors (Lipinski definition) is 5. The smallest absolute Gasteiger partial charge is 0.281 e. The fourth-order valence-corrected chi connectivity index (χ4v) is 2.85. The molecule has 3 heterocycles. The molecule has 0 saturated carbocycles. The SMILES string of the molecule is CCn1c(Cn2nnc3c(cnn3C)c2=O)nc2c(F)cccc21. The molecular weight excluding hydrogens is 313 g/mol. The van der Waals surface area contributed by atoms with Crippen LogP contribution in [0.15, 0.2) is 29.2 Å². The van der Waals surface area contributed by atoms with Gasteiger partial charge in [-0.25, -0.2) is 18.7 Å². The molecule has 1 aromatic carbocycles. The standard InChI is InChI=1S/C15H14FN7O/c1-3-22-11-6-4-5-10(16)13(11)18-12(22)8-23-15(24)9-7-17-21(2)14(9)19-20-23/h4-7H,3,8H2,1-2H3. The number of aryl methyl sites for hydroxylation is 2. The minimum atomic E-state index is -0.387.